The molecule has 0 fully saturated rings. The molecule has 1 aromatic heterocycles. The minimum Gasteiger partial charge on any atom is -0.384 e. The van der Waals surface area contributed by atoms with E-state index < -0.39 is 0 Å². The second kappa shape index (κ2) is 4.14. The van der Waals surface area contributed by atoms with Crippen molar-refractivity contribution in [2.24, 2.45) is 7.05 Å². The van der Waals surface area contributed by atoms with Crippen LogP contribution in [0.1, 0.15) is 21.6 Å². The largest absolute Gasteiger partial charge is 0.384 e. The maximum atomic E-state index is 12.4. The number of carbonyl (C=O) groups excluding carboxylic acids is 1. The van der Waals surface area contributed by atoms with Crippen LogP contribution >= 0.6 is 11.6 Å². The van der Waals surface area contributed by atoms with Gasteiger partial charge in [0.15, 0.2) is 0 Å². The lowest BCUT2D eigenvalue weighted by Crippen LogP contribution is -2.09. The van der Waals surface area contributed by atoms with Crippen molar-refractivity contribution in [3.63, 3.8) is 0 Å². The van der Waals surface area contributed by atoms with Crippen LogP contribution in [-0.2, 0) is 13.5 Å². The highest BCUT2D eigenvalue weighted by molar-refractivity contribution is 6.34. The number of nitrogens with zero attached hydrogens (tertiary/aromatic N) is 2. The molecule has 0 atom stereocenters. The number of aromatic nitrogens is 2. The van der Waals surface area contributed by atoms with Gasteiger partial charge in [-0.1, -0.05) is 11.6 Å². The first kappa shape index (κ1) is 11.3. The molecule has 4 nitrogen and oxygen atoms in total. The van der Waals surface area contributed by atoms with E-state index in [0.29, 0.717) is 16.3 Å². The summed E-state index contributed by atoms with van der Waals surface area (Å²) in [5.41, 5.74) is 3.38. The molecule has 1 aromatic carbocycles. The number of halogens is 1. The average molecular weight is 262 g/mol. The van der Waals surface area contributed by atoms with Crippen LogP contribution in [0, 0.1) is 0 Å². The lowest BCUT2D eigenvalue weighted by molar-refractivity contribution is 0.103. The summed E-state index contributed by atoms with van der Waals surface area (Å²) in [7, 11) is 1.72. The summed E-state index contributed by atoms with van der Waals surface area (Å²) in [5.74, 6) is -0.0882. The van der Waals surface area contributed by atoms with E-state index in [1.165, 1.54) is 16.4 Å². The number of hydrogen-bond donors (Lipinski definition) is 1. The average Bonchev–Trinajstić information content (AvgIpc) is 2.94. The molecule has 2 aromatic rings. The lowest BCUT2D eigenvalue weighted by atomic mass is 10.0. The summed E-state index contributed by atoms with van der Waals surface area (Å²) in [6, 6.07) is 5.70. The first-order chi connectivity index (χ1) is 8.66. The zero-order valence-corrected chi connectivity index (χ0v) is 10.7. The van der Waals surface area contributed by atoms with Crippen LogP contribution in [0.2, 0.25) is 5.02 Å². The Hall–Kier alpha value is -1.81. The van der Waals surface area contributed by atoms with Gasteiger partial charge in [0.1, 0.15) is 5.69 Å². The highest BCUT2D eigenvalue weighted by Gasteiger charge is 2.19. The third-order valence-corrected chi connectivity index (χ3v) is 3.46. The van der Waals surface area contributed by atoms with Gasteiger partial charge in [-0.2, -0.15) is 5.10 Å². The van der Waals surface area contributed by atoms with E-state index in [1.54, 1.807) is 7.05 Å². The van der Waals surface area contributed by atoms with Gasteiger partial charge in [-0.25, -0.2) is 0 Å². The predicted molar refractivity (Wildman–Crippen MR) is 70.3 cm³/mol. The maximum Gasteiger partial charge on any atom is 0.212 e. The predicted octanol–water partition coefficient (Wildman–Crippen LogP) is 2.27. The number of nitrogens with one attached hydrogen (secondary N) is 1. The first-order valence-electron chi connectivity index (χ1n) is 5.76. The topological polar surface area (TPSA) is 46.9 Å². The van der Waals surface area contributed by atoms with E-state index in [-0.39, 0.29) is 5.78 Å². The van der Waals surface area contributed by atoms with Gasteiger partial charge >= 0.3 is 0 Å². The van der Waals surface area contributed by atoms with Gasteiger partial charge in [-0.15, -0.1) is 0 Å². The Morgan fingerprint density at radius 1 is 1.50 bits per heavy atom. The Bertz CT molecular complexity index is 614. The molecule has 18 heavy (non-hydrogen) atoms. The van der Waals surface area contributed by atoms with Gasteiger partial charge in [-0.05, 0) is 30.2 Å². The molecule has 0 aliphatic carbocycles. The van der Waals surface area contributed by atoms with Crippen LogP contribution in [0.3, 0.4) is 0 Å². The van der Waals surface area contributed by atoms with Gasteiger partial charge in [0, 0.05) is 24.8 Å². The Morgan fingerprint density at radius 3 is 3.06 bits per heavy atom. The minimum atomic E-state index is -0.0882. The molecule has 92 valence electrons. The smallest absolute Gasteiger partial charge is 0.212 e. The second-order valence-electron chi connectivity index (χ2n) is 4.34. The van der Waals surface area contributed by atoms with Crippen molar-refractivity contribution in [1.82, 2.24) is 9.78 Å². The van der Waals surface area contributed by atoms with Gasteiger partial charge in [0.25, 0.3) is 0 Å². The zero-order valence-electron chi connectivity index (χ0n) is 9.90. The zero-order chi connectivity index (χ0) is 12.7. The molecule has 0 saturated heterocycles. The van der Waals surface area contributed by atoms with E-state index in [4.69, 9.17) is 11.6 Å². The normalized spacial score (nSPS) is 13.2. The fourth-order valence-electron chi connectivity index (χ4n) is 2.25. The van der Waals surface area contributed by atoms with Crippen molar-refractivity contribution in [3.8, 4) is 0 Å². The quantitative estimate of drug-likeness (QED) is 0.844. The van der Waals surface area contributed by atoms with Gasteiger partial charge in [-0.3, -0.25) is 9.48 Å². The molecular weight excluding hydrogens is 250 g/mol. The summed E-state index contributed by atoms with van der Waals surface area (Å²) >= 11 is 5.99. The molecule has 1 aliphatic heterocycles. The monoisotopic (exact) mass is 261 g/mol. The number of anilines is 1. The van der Waals surface area contributed by atoms with Crippen molar-refractivity contribution in [2.75, 3.05) is 11.9 Å². The third kappa shape index (κ3) is 1.69. The summed E-state index contributed by atoms with van der Waals surface area (Å²) in [4.78, 5) is 12.4. The fraction of sp³-hybridized carbons (Fsp3) is 0.231. The van der Waals surface area contributed by atoms with E-state index >= 15 is 0 Å². The third-order valence-electron chi connectivity index (χ3n) is 3.19. The van der Waals surface area contributed by atoms with Crippen molar-refractivity contribution in [1.29, 1.82) is 0 Å². The van der Waals surface area contributed by atoms with Crippen LogP contribution in [0.4, 0.5) is 5.69 Å². The molecule has 0 unspecified atom stereocenters. The van der Waals surface area contributed by atoms with E-state index in [0.717, 1.165) is 18.7 Å². The van der Waals surface area contributed by atoms with Gasteiger partial charge in [0.2, 0.25) is 5.78 Å². The molecule has 0 radical (unpaired) electrons. The molecule has 2 heterocycles. The van der Waals surface area contributed by atoms with Crippen molar-refractivity contribution in [3.05, 3.63) is 46.2 Å². The first-order valence-corrected chi connectivity index (χ1v) is 6.13. The Labute approximate surface area is 110 Å². The van der Waals surface area contributed by atoms with Crippen LogP contribution in [0.15, 0.2) is 24.4 Å². The Kier molecular flexibility index (Phi) is 2.59. The molecule has 0 spiro atoms. The molecule has 1 N–H and O–H groups in total. The fourth-order valence-corrected chi connectivity index (χ4v) is 2.50. The van der Waals surface area contributed by atoms with Crippen molar-refractivity contribution >= 4 is 23.1 Å². The molecule has 1 aliphatic rings. The summed E-state index contributed by atoms with van der Waals surface area (Å²) in [5, 5.41) is 7.65. The van der Waals surface area contributed by atoms with E-state index in [1.807, 2.05) is 18.2 Å². The van der Waals surface area contributed by atoms with Gasteiger partial charge < -0.3 is 5.32 Å². The number of rotatable bonds is 2. The summed E-state index contributed by atoms with van der Waals surface area (Å²) in [6.07, 6.45) is 2.44. The van der Waals surface area contributed by atoms with E-state index in [2.05, 4.69) is 10.4 Å². The molecule has 0 bridgehead atoms. The van der Waals surface area contributed by atoms with Crippen LogP contribution in [0.5, 0.6) is 0 Å². The molecule has 0 saturated carbocycles. The number of aryl methyl sites for hydroxylation is 1. The lowest BCUT2D eigenvalue weighted by Gasteiger charge is -2.05. The number of hydrogen-bond acceptors (Lipinski definition) is 3. The molecule has 5 heteroatoms. The van der Waals surface area contributed by atoms with E-state index in [9.17, 15) is 4.79 Å². The molecule has 3 rings (SSSR count). The number of ketones is 1. The number of fused-ring (bicyclic) bond motifs is 1. The molecular formula is C13H12ClN3O. The van der Waals surface area contributed by atoms with Crippen molar-refractivity contribution < 1.29 is 4.79 Å². The van der Waals surface area contributed by atoms with Crippen LogP contribution in [0.25, 0.3) is 0 Å². The molecule has 0 amide bonds. The highest BCUT2D eigenvalue weighted by Crippen LogP contribution is 2.25. The van der Waals surface area contributed by atoms with Crippen LogP contribution < -0.4 is 5.32 Å². The second-order valence-corrected chi connectivity index (χ2v) is 4.75. The standard InChI is InChI=1S/C13H12ClN3O/c1-17-12(10(14)7-16-17)13(18)9-2-3-11-8(6-9)4-5-15-11/h2-3,6-7,15H,4-5H2,1H3. The SMILES string of the molecule is Cn1ncc(Cl)c1C(=O)c1ccc2c(c1)CCN2. The summed E-state index contributed by atoms with van der Waals surface area (Å²) in [6.45, 7) is 0.930. The number of carbonyl (C=O) groups is 1. The Balaban J connectivity index is 2.03. The van der Waals surface area contributed by atoms with Gasteiger partial charge in [0.05, 0.1) is 11.2 Å². The minimum absolute atomic E-state index is 0.0882. The Morgan fingerprint density at radius 2 is 2.33 bits per heavy atom. The number of benzene rings is 1. The summed E-state index contributed by atoms with van der Waals surface area (Å²) < 4.78 is 1.51. The van der Waals surface area contributed by atoms with Crippen molar-refractivity contribution in [2.45, 2.75) is 6.42 Å². The highest BCUT2D eigenvalue weighted by atomic mass is 35.5. The maximum absolute atomic E-state index is 12.4. The van der Waals surface area contributed by atoms with Crippen LogP contribution in [-0.4, -0.2) is 22.1 Å².